The van der Waals surface area contributed by atoms with Gasteiger partial charge in [0.15, 0.2) is 0 Å². The first-order chi connectivity index (χ1) is 7.19. The fraction of sp³-hybridized carbons (Fsp3) is 0.200. The minimum Gasteiger partial charge on any atom is -0.496 e. The van der Waals surface area contributed by atoms with Crippen molar-refractivity contribution in [2.75, 3.05) is 7.11 Å². The molecule has 0 aliphatic rings. The molecule has 80 valence electrons. The number of carboxylic acid groups (broad SMARTS) is 1. The highest BCUT2D eigenvalue weighted by molar-refractivity contribution is 6.10. The number of oxime groups is 1. The zero-order valence-electron chi connectivity index (χ0n) is 8.17. The predicted molar refractivity (Wildman–Crippen MR) is 53.6 cm³/mol. The lowest BCUT2D eigenvalue weighted by Gasteiger charge is -2.07. The number of hydrogen-bond acceptors (Lipinski definition) is 4. The summed E-state index contributed by atoms with van der Waals surface area (Å²) in [5, 5.41) is 20.3. The molecule has 0 radical (unpaired) electrons. The van der Waals surface area contributed by atoms with Gasteiger partial charge in [0.2, 0.25) is 0 Å². The topological polar surface area (TPSA) is 79.1 Å². The molecule has 0 saturated carbocycles. The summed E-state index contributed by atoms with van der Waals surface area (Å²) in [6.45, 7) is 0. The summed E-state index contributed by atoms with van der Waals surface area (Å²) >= 11 is 0. The first-order valence-corrected chi connectivity index (χ1v) is 4.25. The number of aliphatic carboxylic acids is 1. The van der Waals surface area contributed by atoms with Crippen LogP contribution in [-0.2, 0) is 4.79 Å². The van der Waals surface area contributed by atoms with Crippen molar-refractivity contribution >= 4 is 11.7 Å². The van der Waals surface area contributed by atoms with E-state index in [2.05, 4.69) is 5.16 Å². The standard InChI is InChI=1S/C10H11NO4/c1-15-9-5-3-2-4-7(9)8(11-14)6-10(12)13/h2-5,14H,6H2,1H3,(H,12,13)/b11-8-. The lowest BCUT2D eigenvalue weighted by molar-refractivity contribution is -0.135. The van der Waals surface area contributed by atoms with Crippen molar-refractivity contribution in [3.63, 3.8) is 0 Å². The first-order valence-electron chi connectivity index (χ1n) is 4.25. The molecule has 0 atom stereocenters. The van der Waals surface area contributed by atoms with Gasteiger partial charge in [-0.1, -0.05) is 17.3 Å². The van der Waals surface area contributed by atoms with E-state index < -0.39 is 5.97 Å². The molecule has 0 amide bonds. The van der Waals surface area contributed by atoms with Gasteiger partial charge in [0.05, 0.1) is 13.5 Å². The molecule has 2 N–H and O–H groups in total. The van der Waals surface area contributed by atoms with Crippen LogP contribution in [-0.4, -0.2) is 29.1 Å². The Morgan fingerprint density at radius 2 is 2.13 bits per heavy atom. The number of nitrogens with zero attached hydrogens (tertiary/aromatic N) is 1. The second-order valence-electron chi connectivity index (χ2n) is 2.82. The Kier molecular flexibility index (Phi) is 3.68. The second-order valence-corrected chi connectivity index (χ2v) is 2.82. The van der Waals surface area contributed by atoms with E-state index in [1.54, 1.807) is 24.3 Å². The molecule has 5 nitrogen and oxygen atoms in total. The smallest absolute Gasteiger partial charge is 0.309 e. The zero-order valence-corrected chi connectivity index (χ0v) is 8.17. The summed E-state index contributed by atoms with van der Waals surface area (Å²) < 4.78 is 5.02. The van der Waals surface area contributed by atoms with Gasteiger partial charge in [0.25, 0.3) is 0 Å². The van der Waals surface area contributed by atoms with Crippen molar-refractivity contribution in [2.24, 2.45) is 5.16 Å². The number of benzene rings is 1. The maximum Gasteiger partial charge on any atom is 0.309 e. The second kappa shape index (κ2) is 4.99. The molecule has 0 aliphatic heterocycles. The number of hydrogen-bond donors (Lipinski definition) is 2. The Balaban J connectivity index is 3.07. The number of rotatable bonds is 4. The molecule has 0 heterocycles. The van der Waals surface area contributed by atoms with Gasteiger partial charge in [-0.25, -0.2) is 0 Å². The highest BCUT2D eigenvalue weighted by Crippen LogP contribution is 2.19. The quantitative estimate of drug-likeness (QED) is 0.445. The molecular weight excluding hydrogens is 198 g/mol. The van der Waals surface area contributed by atoms with E-state index in [-0.39, 0.29) is 12.1 Å². The van der Waals surface area contributed by atoms with Crippen LogP contribution in [0.1, 0.15) is 12.0 Å². The SMILES string of the molecule is COc1ccccc1/C(CC(=O)O)=N\O. The molecule has 1 rings (SSSR count). The van der Waals surface area contributed by atoms with E-state index >= 15 is 0 Å². The van der Waals surface area contributed by atoms with E-state index in [9.17, 15) is 4.79 Å². The predicted octanol–water partition coefficient (Wildman–Crippen LogP) is 1.35. The van der Waals surface area contributed by atoms with E-state index in [0.29, 0.717) is 11.3 Å². The largest absolute Gasteiger partial charge is 0.496 e. The average Bonchev–Trinajstić information content (AvgIpc) is 2.25. The van der Waals surface area contributed by atoms with Gasteiger partial charge < -0.3 is 15.1 Å². The third-order valence-corrected chi connectivity index (χ3v) is 1.86. The monoisotopic (exact) mass is 209 g/mol. The van der Waals surface area contributed by atoms with E-state index in [0.717, 1.165) is 0 Å². The number of methoxy groups -OCH3 is 1. The Hall–Kier alpha value is -2.04. The van der Waals surface area contributed by atoms with Gasteiger partial charge in [-0.15, -0.1) is 0 Å². The van der Waals surface area contributed by atoms with Crippen molar-refractivity contribution < 1.29 is 19.8 Å². The third-order valence-electron chi connectivity index (χ3n) is 1.86. The molecule has 0 unspecified atom stereocenters. The molecule has 0 aromatic heterocycles. The van der Waals surface area contributed by atoms with Crippen LogP contribution in [0.15, 0.2) is 29.4 Å². The van der Waals surface area contributed by atoms with Crippen molar-refractivity contribution in [3.8, 4) is 5.75 Å². The number of ether oxygens (including phenoxy) is 1. The molecule has 5 heteroatoms. The lowest BCUT2D eigenvalue weighted by atomic mass is 10.1. The number of para-hydroxylation sites is 1. The molecule has 1 aromatic carbocycles. The Morgan fingerprint density at radius 3 is 2.67 bits per heavy atom. The van der Waals surface area contributed by atoms with Crippen LogP contribution >= 0.6 is 0 Å². The Labute approximate surface area is 86.6 Å². The van der Waals surface area contributed by atoms with Crippen LogP contribution in [0.2, 0.25) is 0 Å². The van der Waals surface area contributed by atoms with Crippen LogP contribution in [0.3, 0.4) is 0 Å². The summed E-state index contributed by atoms with van der Waals surface area (Å²) in [5.41, 5.74) is 0.546. The molecule has 0 saturated heterocycles. The summed E-state index contributed by atoms with van der Waals surface area (Å²) in [6.07, 6.45) is -0.350. The normalized spacial score (nSPS) is 11.1. The van der Waals surface area contributed by atoms with Gasteiger partial charge in [0, 0.05) is 5.56 Å². The van der Waals surface area contributed by atoms with Crippen molar-refractivity contribution in [3.05, 3.63) is 29.8 Å². The molecule has 0 aliphatic carbocycles. The van der Waals surface area contributed by atoms with Crippen LogP contribution in [0.4, 0.5) is 0 Å². The highest BCUT2D eigenvalue weighted by Gasteiger charge is 2.13. The maximum absolute atomic E-state index is 10.5. The Morgan fingerprint density at radius 1 is 1.47 bits per heavy atom. The van der Waals surface area contributed by atoms with Gasteiger partial charge in [-0.2, -0.15) is 0 Å². The van der Waals surface area contributed by atoms with Gasteiger partial charge in [-0.05, 0) is 12.1 Å². The van der Waals surface area contributed by atoms with E-state index in [1.165, 1.54) is 7.11 Å². The zero-order chi connectivity index (χ0) is 11.3. The minimum atomic E-state index is -1.06. The van der Waals surface area contributed by atoms with Gasteiger partial charge >= 0.3 is 5.97 Å². The molecule has 0 spiro atoms. The van der Waals surface area contributed by atoms with Crippen molar-refractivity contribution in [2.45, 2.75) is 6.42 Å². The highest BCUT2D eigenvalue weighted by atomic mass is 16.5. The molecule has 15 heavy (non-hydrogen) atoms. The molecule has 0 bridgehead atoms. The summed E-state index contributed by atoms with van der Waals surface area (Å²) in [6, 6.07) is 6.77. The van der Waals surface area contributed by atoms with Crippen LogP contribution in [0, 0.1) is 0 Å². The van der Waals surface area contributed by atoms with Crippen molar-refractivity contribution in [1.29, 1.82) is 0 Å². The summed E-state index contributed by atoms with van der Waals surface area (Å²) in [5.74, 6) is -0.583. The van der Waals surface area contributed by atoms with Crippen LogP contribution in [0.25, 0.3) is 0 Å². The van der Waals surface area contributed by atoms with Crippen LogP contribution < -0.4 is 4.74 Å². The molecule has 0 fully saturated rings. The fourth-order valence-electron chi connectivity index (χ4n) is 1.21. The molecule has 1 aromatic rings. The average molecular weight is 209 g/mol. The van der Waals surface area contributed by atoms with E-state index in [1.807, 2.05) is 0 Å². The fourth-order valence-corrected chi connectivity index (χ4v) is 1.21. The third kappa shape index (κ3) is 2.70. The summed E-state index contributed by atoms with van der Waals surface area (Å²) in [4.78, 5) is 10.5. The lowest BCUT2D eigenvalue weighted by Crippen LogP contribution is -2.09. The molecular formula is C10H11NO4. The minimum absolute atomic E-state index is 0.0694. The number of carbonyl (C=O) groups is 1. The van der Waals surface area contributed by atoms with E-state index in [4.69, 9.17) is 15.1 Å². The van der Waals surface area contributed by atoms with Crippen LogP contribution in [0.5, 0.6) is 5.75 Å². The Bertz CT molecular complexity index is 387. The van der Waals surface area contributed by atoms with Gasteiger partial charge in [-0.3, -0.25) is 4.79 Å². The van der Waals surface area contributed by atoms with Crippen molar-refractivity contribution in [1.82, 2.24) is 0 Å². The van der Waals surface area contributed by atoms with Gasteiger partial charge in [0.1, 0.15) is 11.5 Å². The summed E-state index contributed by atoms with van der Waals surface area (Å²) in [7, 11) is 1.47. The number of carboxylic acids is 1. The first kappa shape index (κ1) is 11.0. The maximum atomic E-state index is 10.5.